The van der Waals surface area contributed by atoms with E-state index in [0.29, 0.717) is 19.0 Å². The summed E-state index contributed by atoms with van der Waals surface area (Å²) in [6.07, 6.45) is 7.84. The van der Waals surface area contributed by atoms with E-state index < -0.39 is 0 Å². The number of rotatable bonds is 4. The third-order valence-electron chi connectivity index (χ3n) is 6.91. The van der Waals surface area contributed by atoms with Gasteiger partial charge in [-0.3, -0.25) is 14.4 Å². The Kier molecular flexibility index (Phi) is 7.45. The molecular weight excluding hydrogens is 432 g/mol. The van der Waals surface area contributed by atoms with Gasteiger partial charge in [-0.25, -0.2) is 4.98 Å². The molecule has 1 aliphatic carbocycles. The van der Waals surface area contributed by atoms with Gasteiger partial charge in [-0.05, 0) is 69.2 Å². The smallest absolute Gasteiger partial charge is 0.290 e. The van der Waals surface area contributed by atoms with Gasteiger partial charge >= 0.3 is 0 Å². The maximum Gasteiger partial charge on any atom is 0.290 e. The van der Waals surface area contributed by atoms with Crippen molar-refractivity contribution in [3.63, 3.8) is 0 Å². The Hall–Kier alpha value is -3.42. The van der Waals surface area contributed by atoms with E-state index in [9.17, 15) is 9.59 Å². The third-order valence-corrected chi connectivity index (χ3v) is 6.91. The molecule has 1 amide bonds. The molecule has 1 fully saturated rings. The number of nitrogens with one attached hydrogen (secondary N) is 1. The number of carbonyl (C=O) groups excluding carboxylic acids is 1. The molecule has 2 aromatic heterocycles. The molecule has 34 heavy (non-hydrogen) atoms. The van der Waals surface area contributed by atoms with Crippen molar-refractivity contribution in [3.8, 4) is 0 Å². The van der Waals surface area contributed by atoms with Crippen molar-refractivity contribution in [2.75, 3.05) is 24.5 Å². The van der Waals surface area contributed by atoms with E-state index >= 15 is 0 Å². The summed E-state index contributed by atoms with van der Waals surface area (Å²) in [5, 5.41) is 9.85. The fraction of sp³-hybridized carbons (Fsp3) is 0.462. The standard InChI is InChI=1S/C25H30N4O2.CH2O2/c1-17-6-5-9-23(27-17)28-14-19-12-20(16-28)22-11-10-21(25(31)29(22)15-19)24(30)26-13-18-7-3-2-4-8-18;2-1-3/h5-7,9-11,19-20H,2-4,8,12-16H2,1H3,(H,26,30);1H,(H,2,3)/t19-,20+;/m0./s1. The fourth-order valence-electron chi connectivity index (χ4n) is 5.36. The number of piperidine rings is 1. The van der Waals surface area contributed by atoms with Crippen LogP contribution in [-0.2, 0) is 11.3 Å². The highest BCUT2D eigenvalue weighted by atomic mass is 16.3. The van der Waals surface area contributed by atoms with Crippen LogP contribution in [0.5, 0.6) is 0 Å². The van der Waals surface area contributed by atoms with Crippen molar-refractivity contribution in [1.29, 1.82) is 0 Å². The van der Waals surface area contributed by atoms with E-state index in [0.717, 1.165) is 49.6 Å². The molecule has 8 nitrogen and oxygen atoms in total. The molecule has 2 aromatic rings. The van der Waals surface area contributed by atoms with Crippen molar-refractivity contribution in [1.82, 2.24) is 14.9 Å². The lowest BCUT2D eigenvalue weighted by Crippen LogP contribution is -2.48. The average molecular weight is 465 g/mol. The first-order chi connectivity index (χ1) is 16.5. The van der Waals surface area contributed by atoms with Gasteiger partial charge in [0, 0.05) is 43.5 Å². The summed E-state index contributed by atoms with van der Waals surface area (Å²) >= 11 is 0. The minimum Gasteiger partial charge on any atom is -0.483 e. The number of allylic oxidation sites excluding steroid dienone is 1. The van der Waals surface area contributed by atoms with Gasteiger partial charge in [0.2, 0.25) is 0 Å². The molecule has 3 aliphatic rings. The van der Waals surface area contributed by atoms with Crippen LogP contribution < -0.4 is 15.8 Å². The van der Waals surface area contributed by atoms with Gasteiger partial charge in [0.25, 0.3) is 17.9 Å². The predicted octanol–water partition coefficient (Wildman–Crippen LogP) is 3.11. The number of pyridine rings is 2. The lowest BCUT2D eigenvalue weighted by Gasteiger charge is -2.43. The van der Waals surface area contributed by atoms with Crippen LogP contribution >= 0.6 is 0 Å². The van der Waals surface area contributed by atoms with Crippen molar-refractivity contribution >= 4 is 18.2 Å². The van der Waals surface area contributed by atoms with Crippen LogP contribution in [0.1, 0.15) is 59.8 Å². The third kappa shape index (κ3) is 5.21. The first kappa shape index (κ1) is 23.7. The molecule has 4 heterocycles. The number of hydrogen-bond acceptors (Lipinski definition) is 5. The van der Waals surface area contributed by atoms with Crippen molar-refractivity contribution in [2.45, 2.75) is 51.5 Å². The maximum atomic E-state index is 13.2. The number of hydrogen-bond donors (Lipinski definition) is 2. The number of amides is 1. The van der Waals surface area contributed by atoms with E-state index in [-0.39, 0.29) is 29.4 Å². The summed E-state index contributed by atoms with van der Waals surface area (Å²) < 4.78 is 1.86. The van der Waals surface area contributed by atoms with Gasteiger partial charge in [0.1, 0.15) is 11.4 Å². The Morgan fingerprint density at radius 1 is 1.21 bits per heavy atom. The van der Waals surface area contributed by atoms with E-state index in [4.69, 9.17) is 14.9 Å². The minimum atomic E-state index is -0.256. The summed E-state index contributed by atoms with van der Waals surface area (Å²) in [4.78, 5) is 41.3. The van der Waals surface area contributed by atoms with Gasteiger partial charge in [-0.15, -0.1) is 0 Å². The lowest BCUT2D eigenvalue weighted by atomic mass is 9.83. The number of aromatic nitrogens is 2. The first-order valence-electron chi connectivity index (χ1n) is 12.0. The second kappa shape index (κ2) is 10.7. The molecule has 0 saturated carbocycles. The summed E-state index contributed by atoms with van der Waals surface area (Å²) in [5.41, 5.74) is 3.45. The topological polar surface area (TPSA) is 105 Å². The normalized spacial score (nSPS) is 20.9. The summed E-state index contributed by atoms with van der Waals surface area (Å²) in [6.45, 7) is 4.72. The Morgan fingerprint density at radius 3 is 2.76 bits per heavy atom. The second-order valence-corrected chi connectivity index (χ2v) is 9.32. The molecule has 2 N–H and O–H groups in total. The zero-order chi connectivity index (χ0) is 24.1. The first-order valence-corrected chi connectivity index (χ1v) is 12.0. The van der Waals surface area contributed by atoms with Gasteiger partial charge < -0.3 is 19.9 Å². The molecule has 2 aliphatic heterocycles. The number of anilines is 1. The van der Waals surface area contributed by atoms with Crippen LogP contribution in [-0.4, -0.2) is 46.7 Å². The number of carboxylic acid groups (broad SMARTS) is 1. The Morgan fingerprint density at radius 2 is 2.03 bits per heavy atom. The highest BCUT2D eigenvalue weighted by molar-refractivity contribution is 5.94. The number of carbonyl (C=O) groups is 2. The van der Waals surface area contributed by atoms with Crippen molar-refractivity contribution < 1.29 is 14.7 Å². The van der Waals surface area contributed by atoms with E-state index in [1.165, 1.54) is 18.4 Å². The summed E-state index contributed by atoms with van der Waals surface area (Å²) in [7, 11) is 0. The highest BCUT2D eigenvalue weighted by Crippen LogP contribution is 2.36. The molecule has 8 heteroatoms. The molecule has 5 rings (SSSR count). The van der Waals surface area contributed by atoms with Gasteiger partial charge in [-0.2, -0.15) is 0 Å². The van der Waals surface area contributed by atoms with Crippen LogP contribution in [0.2, 0.25) is 0 Å². The molecule has 0 aromatic carbocycles. The Bertz CT molecular complexity index is 1140. The Labute approximate surface area is 199 Å². The quantitative estimate of drug-likeness (QED) is 0.532. The van der Waals surface area contributed by atoms with Crippen LogP contribution in [0, 0.1) is 12.8 Å². The highest BCUT2D eigenvalue weighted by Gasteiger charge is 2.35. The number of aryl methyl sites for hydroxylation is 1. The van der Waals surface area contributed by atoms with Crippen molar-refractivity contribution in [3.05, 3.63) is 69.3 Å². The minimum absolute atomic E-state index is 0.149. The predicted molar refractivity (Wildman–Crippen MR) is 130 cm³/mol. The lowest BCUT2D eigenvalue weighted by molar-refractivity contribution is -0.122. The van der Waals surface area contributed by atoms with Gasteiger partial charge in [-0.1, -0.05) is 17.7 Å². The second-order valence-electron chi connectivity index (χ2n) is 9.32. The largest absolute Gasteiger partial charge is 0.483 e. The summed E-state index contributed by atoms with van der Waals surface area (Å²) in [6, 6.07) is 9.85. The van der Waals surface area contributed by atoms with Gasteiger partial charge in [0.15, 0.2) is 0 Å². The van der Waals surface area contributed by atoms with Crippen LogP contribution in [0.4, 0.5) is 5.82 Å². The fourth-order valence-corrected chi connectivity index (χ4v) is 5.36. The van der Waals surface area contributed by atoms with Crippen molar-refractivity contribution in [2.24, 2.45) is 5.92 Å². The van der Waals surface area contributed by atoms with Crippen LogP contribution in [0.15, 0.2) is 46.8 Å². The SMILES string of the molecule is Cc1cccc(N2C[C@@H]3C[C@H](C2)c2ccc(C(=O)NCC4=CCCCC4)c(=O)n2C3)n1.O=CO. The monoisotopic (exact) mass is 464 g/mol. The zero-order valence-corrected chi connectivity index (χ0v) is 19.6. The maximum absolute atomic E-state index is 13.2. The number of fused-ring (bicyclic) bond motifs is 4. The molecular formula is C26H32N4O4. The van der Waals surface area contributed by atoms with E-state index in [1.807, 2.05) is 23.6 Å². The van der Waals surface area contributed by atoms with Crippen LogP contribution in [0.25, 0.3) is 0 Å². The molecule has 1 saturated heterocycles. The molecule has 2 atom stereocenters. The van der Waals surface area contributed by atoms with E-state index in [1.54, 1.807) is 6.07 Å². The molecule has 0 radical (unpaired) electrons. The number of nitrogens with zero attached hydrogens (tertiary/aromatic N) is 3. The molecule has 0 spiro atoms. The average Bonchev–Trinajstić information content (AvgIpc) is 2.84. The molecule has 180 valence electrons. The Balaban J connectivity index is 0.000000868. The molecule has 0 unspecified atom stereocenters. The van der Waals surface area contributed by atoms with Crippen LogP contribution in [0.3, 0.4) is 0 Å². The summed E-state index contributed by atoms with van der Waals surface area (Å²) in [5.74, 6) is 1.43. The van der Waals surface area contributed by atoms with E-state index in [2.05, 4.69) is 28.4 Å². The molecule has 2 bridgehead atoms. The zero-order valence-electron chi connectivity index (χ0n) is 19.6. The van der Waals surface area contributed by atoms with Gasteiger partial charge in [0.05, 0.1) is 0 Å².